The third kappa shape index (κ3) is 3.81. The Morgan fingerprint density at radius 1 is 1.43 bits per heavy atom. The van der Waals surface area contributed by atoms with Gasteiger partial charge in [0.1, 0.15) is 12.2 Å². The first-order valence-electron chi connectivity index (χ1n) is 7.06. The fourth-order valence-corrected chi connectivity index (χ4v) is 2.06. The summed E-state index contributed by atoms with van der Waals surface area (Å²) in [4.78, 5) is 18.3. The Bertz CT molecular complexity index is 594. The van der Waals surface area contributed by atoms with Crippen LogP contribution in [0.4, 0.5) is 5.69 Å². The van der Waals surface area contributed by atoms with E-state index in [1.54, 1.807) is 11.9 Å². The van der Waals surface area contributed by atoms with Crippen LogP contribution in [0.1, 0.15) is 35.1 Å². The van der Waals surface area contributed by atoms with Gasteiger partial charge in [-0.1, -0.05) is 13.0 Å². The molecule has 6 nitrogen and oxygen atoms in total. The minimum absolute atomic E-state index is 0.0370. The lowest BCUT2D eigenvalue weighted by atomic mass is 10.1. The monoisotopic (exact) mass is 287 g/mol. The molecule has 1 aromatic heterocycles. The first kappa shape index (κ1) is 15.0. The molecule has 0 fully saturated rings. The first-order chi connectivity index (χ1) is 10.1. The molecule has 1 heterocycles. The molecule has 21 heavy (non-hydrogen) atoms. The topological polar surface area (TPSA) is 73.9 Å². The Morgan fingerprint density at radius 2 is 2.24 bits per heavy atom. The SMILES string of the molecule is CCCNc1cc(C)ccc1C(=O)N(C)Cc1ncn[nH]1. The van der Waals surface area contributed by atoms with Gasteiger partial charge in [0.2, 0.25) is 0 Å². The molecule has 112 valence electrons. The van der Waals surface area contributed by atoms with Gasteiger partial charge < -0.3 is 10.2 Å². The fraction of sp³-hybridized carbons (Fsp3) is 0.400. The number of carbonyl (C=O) groups excluding carboxylic acids is 1. The summed E-state index contributed by atoms with van der Waals surface area (Å²) in [5.41, 5.74) is 2.69. The third-order valence-electron chi connectivity index (χ3n) is 3.17. The average Bonchev–Trinajstić information content (AvgIpc) is 2.97. The minimum atomic E-state index is -0.0370. The fourth-order valence-electron chi connectivity index (χ4n) is 2.06. The molecule has 0 radical (unpaired) electrons. The number of H-pyrrole nitrogens is 1. The molecule has 0 aliphatic heterocycles. The average molecular weight is 287 g/mol. The molecular weight excluding hydrogens is 266 g/mol. The van der Waals surface area contributed by atoms with E-state index < -0.39 is 0 Å². The van der Waals surface area contributed by atoms with Crippen LogP contribution in [0.15, 0.2) is 24.5 Å². The molecule has 0 aliphatic carbocycles. The largest absolute Gasteiger partial charge is 0.384 e. The van der Waals surface area contributed by atoms with Gasteiger partial charge in [-0.25, -0.2) is 4.98 Å². The Morgan fingerprint density at radius 3 is 2.90 bits per heavy atom. The van der Waals surface area contributed by atoms with Gasteiger partial charge in [0, 0.05) is 19.3 Å². The van der Waals surface area contributed by atoms with Crippen LogP contribution in [-0.4, -0.2) is 39.6 Å². The van der Waals surface area contributed by atoms with E-state index in [-0.39, 0.29) is 5.91 Å². The van der Waals surface area contributed by atoms with Crippen molar-refractivity contribution in [2.75, 3.05) is 18.9 Å². The summed E-state index contributed by atoms with van der Waals surface area (Å²) < 4.78 is 0. The van der Waals surface area contributed by atoms with E-state index in [1.165, 1.54) is 6.33 Å². The number of aryl methyl sites for hydroxylation is 1. The van der Waals surface area contributed by atoms with E-state index in [4.69, 9.17) is 0 Å². The maximum atomic E-state index is 12.6. The van der Waals surface area contributed by atoms with E-state index in [2.05, 4.69) is 27.4 Å². The number of hydrogen-bond acceptors (Lipinski definition) is 4. The first-order valence-corrected chi connectivity index (χ1v) is 7.06. The molecule has 1 amide bonds. The highest BCUT2D eigenvalue weighted by molar-refractivity contribution is 5.99. The number of amides is 1. The van der Waals surface area contributed by atoms with E-state index in [1.807, 2.05) is 25.1 Å². The Balaban J connectivity index is 2.17. The molecule has 2 aromatic rings. The summed E-state index contributed by atoms with van der Waals surface area (Å²) in [6.45, 7) is 5.36. The predicted molar refractivity (Wildman–Crippen MR) is 82.1 cm³/mol. The zero-order chi connectivity index (χ0) is 15.2. The Kier molecular flexibility index (Phi) is 4.92. The maximum Gasteiger partial charge on any atom is 0.256 e. The number of anilines is 1. The number of benzene rings is 1. The highest BCUT2D eigenvalue weighted by Crippen LogP contribution is 2.19. The molecule has 0 spiro atoms. The number of nitrogens with zero attached hydrogens (tertiary/aromatic N) is 3. The van der Waals surface area contributed by atoms with Crippen molar-refractivity contribution in [3.05, 3.63) is 41.5 Å². The van der Waals surface area contributed by atoms with E-state index in [0.29, 0.717) is 17.9 Å². The number of carbonyl (C=O) groups is 1. The van der Waals surface area contributed by atoms with E-state index >= 15 is 0 Å². The highest BCUT2D eigenvalue weighted by atomic mass is 16.2. The van der Waals surface area contributed by atoms with Crippen LogP contribution in [0.5, 0.6) is 0 Å². The maximum absolute atomic E-state index is 12.6. The molecule has 0 atom stereocenters. The summed E-state index contributed by atoms with van der Waals surface area (Å²) in [5.74, 6) is 0.631. The van der Waals surface area contributed by atoms with Gasteiger partial charge in [-0.2, -0.15) is 5.10 Å². The molecule has 0 saturated heterocycles. The van der Waals surface area contributed by atoms with Crippen molar-refractivity contribution in [1.29, 1.82) is 0 Å². The zero-order valence-electron chi connectivity index (χ0n) is 12.7. The lowest BCUT2D eigenvalue weighted by Crippen LogP contribution is -2.27. The zero-order valence-corrected chi connectivity index (χ0v) is 12.7. The molecule has 6 heteroatoms. The lowest BCUT2D eigenvalue weighted by molar-refractivity contribution is 0.0782. The summed E-state index contributed by atoms with van der Waals surface area (Å²) in [7, 11) is 1.76. The van der Waals surface area contributed by atoms with Gasteiger partial charge >= 0.3 is 0 Å². The molecular formula is C15H21N5O. The molecule has 2 rings (SSSR count). The minimum Gasteiger partial charge on any atom is -0.384 e. The van der Waals surface area contributed by atoms with Gasteiger partial charge in [-0.3, -0.25) is 9.89 Å². The van der Waals surface area contributed by atoms with E-state index in [9.17, 15) is 4.79 Å². The second-order valence-electron chi connectivity index (χ2n) is 5.07. The highest BCUT2D eigenvalue weighted by Gasteiger charge is 2.16. The smallest absolute Gasteiger partial charge is 0.256 e. The second-order valence-corrected chi connectivity index (χ2v) is 5.07. The van der Waals surface area contributed by atoms with Crippen LogP contribution in [0.2, 0.25) is 0 Å². The predicted octanol–water partition coefficient (Wildman–Crippen LogP) is 2.21. The number of nitrogens with one attached hydrogen (secondary N) is 2. The summed E-state index contributed by atoms with van der Waals surface area (Å²) in [6.07, 6.45) is 2.45. The number of aromatic nitrogens is 3. The van der Waals surface area contributed by atoms with Crippen molar-refractivity contribution in [3.63, 3.8) is 0 Å². The van der Waals surface area contributed by atoms with Crippen molar-refractivity contribution in [1.82, 2.24) is 20.1 Å². The summed E-state index contributed by atoms with van der Waals surface area (Å²) >= 11 is 0. The Labute approximate surface area is 124 Å². The summed E-state index contributed by atoms with van der Waals surface area (Å²) in [5, 5.41) is 9.87. The molecule has 0 saturated carbocycles. The molecule has 0 unspecified atom stereocenters. The van der Waals surface area contributed by atoms with Crippen molar-refractivity contribution in [3.8, 4) is 0 Å². The number of rotatable bonds is 6. The molecule has 1 aromatic carbocycles. The number of aromatic amines is 1. The third-order valence-corrected chi connectivity index (χ3v) is 3.17. The van der Waals surface area contributed by atoms with Crippen molar-refractivity contribution in [2.45, 2.75) is 26.8 Å². The van der Waals surface area contributed by atoms with Crippen molar-refractivity contribution in [2.24, 2.45) is 0 Å². The molecule has 0 bridgehead atoms. The standard InChI is InChI=1S/C15H21N5O/c1-4-7-16-13-8-11(2)5-6-12(13)15(21)20(3)9-14-17-10-18-19-14/h5-6,8,10,16H,4,7,9H2,1-3H3,(H,17,18,19). The second kappa shape index (κ2) is 6.88. The van der Waals surface area contributed by atoms with Crippen LogP contribution in [0.3, 0.4) is 0 Å². The van der Waals surface area contributed by atoms with Crippen LogP contribution in [-0.2, 0) is 6.54 Å². The van der Waals surface area contributed by atoms with Crippen LogP contribution in [0.25, 0.3) is 0 Å². The van der Waals surface area contributed by atoms with Crippen LogP contribution < -0.4 is 5.32 Å². The van der Waals surface area contributed by atoms with Crippen LogP contribution in [0, 0.1) is 6.92 Å². The van der Waals surface area contributed by atoms with Gasteiger partial charge in [-0.15, -0.1) is 0 Å². The Hall–Kier alpha value is -2.37. The van der Waals surface area contributed by atoms with Gasteiger partial charge in [0.05, 0.1) is 12.1 Å². The van der Waals surface area contributed by atoms with Gasteiger partial charge in [0.15, 0.2) is 0 Å². The number of hydrogen-bond donors (Lipinski definition) is 2. The lowest BCUT2D eigenvalue weighted by Gasteiger charge is -2.19. The van der Waals surface area contributed by atoms with E-state index in [0.717, 1.165) is 24.2 Å². The molecule has 0 aliphatic rings. The van der Waals surface area contributed by atoms with Gasteiger partial charge in [-0.05, 0) is 31.0 Å². The van der Waals surface area contributed by atoms with Gasteiger partial charge in [0.25, 0.3) is 5.91 Å². The van der Waals surface area contributed by atoms with Crippen molar-refractivity contribution < 1.29 is 4.79 Å². The van der Waals surface area contributed by atoms with Crippen LogP contribution >= 0.6 is 0 Å². The summed E-state index contributed by atoms with van der Waals surface area (Å²) in [6, 6.07) is 5.82. The van der Waals surface area contributed by atoms with Crippen molar-refractivity contribution >= 4 is 11.6 Å². The normalized spacial score (nSPS) is 10.4. The molecule has 2 N–H and O–H groups in total. The quantitative estimate of drug-likeness (QED) is 0.854.